The number of nitrogens with one attached hydrogen (secondary N) is 2. The lowest BCUT2D eigenvalue weighted by Crippen LogP contribution is -2.46. The molecule has 3 aliphatic heterocycles. The van der Waals surface area contributed by atoms with E-state index < -0.39 is 6.17 Å². The zero-order chi connectivity index (χ0) is 19.6. The maximum absolute atomic E-state index is 14.7. The van der Waals surface area contributed by atoms with Crippen LogP contribution in [0.5, 0.6) is 0 Å². The van der Waals surface area contributed by atoms with Crippen LogP contribution in [0.4, 0.5) is 10.2 Å². The first kappa shape index (κ1) is 18.4. The van der Waals surface area contributed by atoms with Gasteiger partial charge < -0.3 is 14.4 Å². The van der Waals surface area contributed by atoms with Crippen molar-refractivity contribution in [2.75, 3.05) is 18.1 Å². The fraction of sp³-hybridized carbons (Fsp3) is 0.810. The molecular formula is C21H30FN5O2. The highest BCUT2D eigenvalue weighted by Crippen LogP contribution is 2.46. The Bertz CT molecular complexity index is 761. The van der Waals surface area contributed by atoms with Crippen molar-refractivity contribution >= 4 is 5.82 Å². The summed E-state index contributed by atoms with van der Waals surface area (Å²) in [7, 11) is 0. The molecule has 6 rings (SSSR count). The van der Waals surface area contributed by atoms with Crippen molar-refractivity contribution in [2.45, 2.75) is 87.5 Å². The van der Waals surface area contributed by atoms with Crippen LogP contribution in [-0.4, -0.2) is 59.2 Å². The van der Waals surface area contributed by atoms with E-state index in [1.54, 1.807) is 6.33 Å². The molecule has 0 aromatic carbocycles. The molecule has 7 atom stereocenters. The van der Waals surface area contributed by atoms with Gasteiger partial charge >= 0.3 is 0 Å². The lowest BCUT2D eigenvalue weighted by molar-refractivity contribution is -0.0886. The number of ether oxygens (including phenoxy) is 2. The van der Waals surface area contributed by atoms with E-state index in [1.807, 2.05) is 0 Å². The number of halogens is 1. The standard InChI is InChI=1S/C21H30FN5O2/c1-21(4-5-21)29-18-6-14-16(7-15(18)22)25-26-20(14)17-8-19(24-11-23-17)27-12-2-3-13(27)10-28-9-12/h8,11-16,18,20,25-26H,2-7,9-10H2,1H3. The topological polar surface area (TPSA) is 71.5 Å². The summed E-state index contributed by atoms with van der Waals surface area (Å²) in [6.07, 6.45) is 6.06. The Labute approximate surface area is 170 Å². The zero-order valence-corrected chi connectivity index (χ0v) is 16.9. The van der Waals surface area contributed by atoms with E-state index in [2.05, 4.69) is 38.7 Å². The number of anilines is 1. The van der Waals surface area contributed by atoms with Gasteiger partial charge in [0.25, 0.3) is 0 Å². The smallest absolute Gasteiger partial charge is 0.132 e. The second kappa shape index (κ2) is 6.83. The average Bonchev–Trinajstić information content (AvgIpc) is 3.22. The molecule has 2 bridgehead atoms. The highest BCUT2D eigenvalue weighted by atomic mass is 19.1. The Morgan fingerprint density at radius 3 is 2.72 bits per heavy atom. The molecule has 0 radical (unpaired) electrons. The molecule has 4 heterocycles. The van der Waals surface area contributed by atoms with Crippen LogP contribution in [0.15, 0.2) is 12.4 Å². The summed E-state index contributed by atoms with van der Waals surface area (Å²) in [6, 6.07) is 3.11. The van der Waals surface area contributed by atoms with Gasteiger partial charge in [0.2, 0.25) is 0 Å². The van der Waals surface area contributed by atoms with Gasteiger partial charge in [0.15, 0.2) is 0 Å². The molecule has 1 aromatic heterocycles. The molecule has 2 aliphatic carbocycles. The first-order chi connectivity index (χ1) is 14.1. The third-order valence-electron chi connectivity index (χ3n) is 7.64. The molecule has 29 heavy (non-hydrogen) atoms. The van der Waals surface area contributed by atoms with Crippen molar-refractivity contribution < 1.29 is 13.9 Å². The summed E-state index contributed by atoms with van der Waals surface area (Å²) >= 11 is 0. The van der Waals surface area contributed by atoms with Crippen LogP contribution < -0.4 is 15.8 Å². The van der Waals surface area contributed by atoms with Crippen molar-refractivity contribution in [1.29, 1.82) is 0 Å². The fourth-order valence-electron chi connectivity index (χ4n) is 5.74. The predicted octanol–water partition coefficient (Wildman–Crippen LogP) is 2.05. The molecule has 1 aromatic rings. The largest absolute Gasteiger partial charge is 0.377 e. The summed E-state index contributed by atoms with van der Waals surface area (Å²) in [5.41, 5.74) is 7.60. The van der Waals surface area contributed by atoms with Crippen LogP contribution in [-0.2, 0) is 9.47 Å². The number of hydrogen-bond donors (Lipinski definition) is 2. The van der Waals surface area contributed by atoms with Gasteiger partial charge in [-0.3, -0.25) is 5.43 Å². The number of fused-ring (bicyclic) bond motifs is 3. The van der Waals surface area contributed by atoms with E-state index in [9.17, 15) is 4.39 Å². The monoisotopic (exact) mass is 403 g/mol. The summed E-state index contributed by atoms with van der Waals surface area (Å²) in [5.74, 6) is 1.26. The van der Waals surface area contributed by atoms with Gasteiger partial charge in [-0.2, -0.15) is 0 Å². The zero-order valence-electron chi connectivity index (χ0n) is 16.9. The molecule has 8 heteroatoms. The maximum atomic E-state index is 14.7. The number of rotatable bonds is 4. The lowest BCUT2D eigenvalue weighted by Gasteiger charge is -2.37. The van der Waals surface area contributed by atoms with Crippen molar-refractivity contribution in [3.8, 4) is 0 Å². The Hall–Kier alpha value is -1.35. The highest BCUT2D eigenvalue weighted by molar-refractivity contribution is 5.45. The second-order valence-electron chi connectivity index (χ2n) is 9.76. The van der Waals surface area contributed by atoms with Crippen LogP contribution in [0.3, 0.4) is 0 Å². The molecule has 158 valence electrons. The number of morpholine rings is 1. The van der Waals surface area contributed by atoms with Gasteiger partial charge in [-0.15, -0.1) is 0 Å². The molecule has 7 nitrogen and oxygen atoms in total. The van der Waals surface area contributed by atoms with Crippen LogP contribution in [0.25, 0.3) is 0 Å². The summed E-state index contributed by atoms with van der Waals surface area (Å²) in [4.78, 5) is 11.6. The minimum absolute atomic E-state index is 0.0473. The van der Waals surface area contributed by atoms with Crippen LogP contribution >= 0.6 is 0 Å². The molecule has 0 spiro atoms. The molecule has 2 N–H and O–H groups in total. The first-order valence-electron chi connectivity index (χ1n) is 11.1. The molecular weight excluding hydrogens is 373 g/mol. The van der Waals surface area contributed by atoms with Crippen molar-refractivity contribution in [1.82, 2.24) is 20.8 Å². The number of nitrogens with zero attached hydrogens (tertiary/aromatic N) is 3. The van der Waals surface area contributed by atoms with Crippen molar-refractivity contribution in [2.24, 2.45) is 5.92 Å². The molecule has 3 saturated heterocycles. The van der Waals surface area contributed by atoms with Gasteiger partial charge in [0.05, 0.1) is 48.7 Å². The minimum atomic E-state index is -0.911. The summed E-state index contributed by atoms with van der Waals surface area (Å²) < 4.78 is 26.6. The van der Waals surface area contributed by atoms with Gasteiger partial charge in [0, 0.05) is 18.0 Å². The Balaban J connectivity index is 1.23. The van der Waals surface area contributed by atoms with Crippen molar-refractivity contribution in [3.63, 3.8) is 0 Å². The Morgan fingerprint density at radius 1 is 1.17 bits per heavy atom. The number of hydrazine groups is 1. The molecule has 2 saturated carbocycles. The van der Waals surface area contributed by atoms with E-state index in [1.165, 1.54) is 0 Å². The molecule has 0 amide bonds. The van der Waals surface area contributed by atoms with Crippen LogP contribution in [0.2, 0.25) is 0 Å². The minimum Gasteiger partial charge on any atom is -0.377 e. The summed E-state index contributed by atoms with van der Waals surface area (Å²) in [5, 5.41) is 0. The lowest BCUT2D eigenvalue weighted by atomic mass is 9.78. The Morgan fingerprint density at radius 2 is 1.97 bits per heavy atom. The average molecular weight is 404 g/mol. The van der Waals surface area contributed by atoms with Crippen LogP contribution in [0.1, 0.15) is 57.2 Å². The SMILES string of the molecule is CC1(OC2CC3C(CC2F)NNC3c2cc(N3C4CCC3COC4)ncn2)CC1. The van der Waals surface area contributed by atoms with Crippen LogP contribution in [0, 0.1) is 5.92 Å². The second-order valence-corrected chi connectivity index (χ2v) is 9.76. The van der Waals surface area contributed by atoms with Gasteiger partial charge in [0.1, 0.15) is 18.3 Å². The quantitative estimate of drug-likeness (QED) is 0.797. The highest BCUT2D eigenvalue weighted by Gasteiger charge is 2.50. The van der Waals surface area contributed by atoms with E-state index in [-0.39, 0.29) is 29.7 Å². The van der Waals surface area contributed by atoms with E-state index >= 15 is 0 Å². The fourth-order valence-corrected chi connectivity index (χ4v) is 5.74. The van der Waals surface area contributed by atoms with Gasteiger partial charge in [-0.1, -0.05) is 0 Å². The van der Waals surface area contributed by atoms with E-state index in [0.29, 0.717) is 24.9 Å². The number of hydrogen-bond acceptors (Lipinski definition) is 7. The van der Waals surface area contributed by atoms with Gasteiger partial charge in [-0.25, -0.2) is 19.8 Å². The normalized spacial score (nSPS) is 42.7. The number of alkyl halides is 1. The first-order valence-corrected chi connectivity index (χ1v) is 11.1. The third kappa shape index (κ3) is 3.24. The van der Waals surface area contributed by atoms with Gasteiger partial charge in [-0.05, 0) is 45.4 Å². The molecule has 5 fully saturated rings. The molecule has 7 unspecified atom stereocenters. The maximum Gasteiger partial charge on any atom is 0.132 e. The molecule has 5 aliphatic rings. The number of aromatic nitrogens is 2. The predicted molar refractivity (Wildman–Crippen MR) is 105 cm³/mol. The van der Waals surface area contributed by atoms with E-state index in [4.69, 9.17) is 9.47 Å². The summed E-state index contributed by atoms with van der Waals surface area (Å²) in [6.45, 7) is 3.65. The van der Waals surface area contributed by atoms with E-state index in [0.717, 1.165) is 50.4 Å². The third-order valence-corrected chi connectivity index (χ3v) is 7.64. The Kier molecular flexibility index (Phi) is 4.34. The van der Waals surface area contributed by atoms with Crippen molar-refractivity contribution in [3.05, 3.63) is 18.1 Å².